The van der Waals surface area contributed by atoms with Crippen LogP contribution in [0.3, 0.4) is 0 Å². The lowest BCUT2D eigenvalue weighted by Gasteiger charge is -2.23. The Morgan fingerprint density at radius 1 is 0.964 bits per heavy atom. The van der Waals surface area contributed by atoms with Crippen molar-refractivity contribution in [1.29, 1.82) is 0 Å². The predicted molar refractivity (Wildman–Crippen MR) is 110 cm³/mol. The number of rotatable bonds is 6. The second-order valence-corrected chi connectivity index (χ2v) is 7.14. The van der Waals surface area contributed by atoms with E-state index in [9.17, 15) is 19.7 Å². The van der Waals surface area contributed by atoms with Crippen molar-refractivity contribution in [3.05, 3.63) is 79.8 Å². The Kier molecular flexibility index (Phi) is 7.06. The number of carbonyl (C=O) groups is 2. The van der Waals surface area contributed by atoms with Crippen molar-refractivity contribution in [2.24, 2.45) is 0 Å². The van der Waals surface area contributed by atoms with Crippen LogP contribution in [0, 0.1) is 10.1 Å². The Hall–Kier alpha value is -3.00. The van der Waals surface area contributed by atoms with E-state index in [4.69, 9.17) is 0 Å². The molecule has 2 aromatic rings. The minimum Gasteiger partial charge on any atom is -0.346 e. The van der Waals surface area contributed by atoms with Crippen LogP contribution in [0.5, 0.6) is 0 Å². The molecule has 2 rings (SSSR count). The molecule has 7 nitrogen and oxygen atoms in total. The van der Waals surface area contributed by atoms with Crippen LogP contribution < -0.4 is 10.6 Å². The van der Waals surface area contributed by atoms with Crippen LogP contribution in [0.15, 0.2) is 58.6 Å². The molecule has 146 valence electrons. The van der Waals surface area contributed by atoms with E-state index in [1.54, 1.807) is 19.1 Å². The lowest BCUT2D eigenvalue weighted by molar-refractivity contribution is -0.384. The van der Waals surface area contributed by atoms with Gasteiger partial charge in [0.05, 0.1) is 11.0 Å². The molecule has 0 bridgehead atoms. The number of nitrogens with zero attached hydrogens (tertiary/aromatic N) is 1. The third-order valence-electron chi connectivity index (χ3n) is 4.05. The number of nitro benzene ring substituents is 1. The van der Waals surface area contributed by atoms with Crippen LogP contribution >= 0.6 is 15.9 Å². The molecule has 0 aromatic heterocycles. The number of nitrogens with one attached hydrogen (secondary N) is 2. The van der Waals surface area contributed by atoms with Gasteiger partial charge in [0.25, 0.3) is 5.69 Å². The minimum absolute atomic E-state index is 0.0399. The normalized spacial score (nSPS) is 12.6. The van der Waals surface area contributed by atoms with E-state index in [0.29, 0.717) is 16.8 Å². The first-order valence-electron chi connectivity index (χ1n) is 8.44. The first kappa shape index (κ1) is 21.3. The fourth-order valence-electron chi connectivity index (χ4n) is 2.77. The smallest absolute Gasteiger partial charge is 0.269 e. The van der Waals surface area contributed by atoms with E-state index in [0.717, 1.165) is 10.0 Å². The molecule has 0 aliphatic rings. The van der Waals surface area contributed by atoms with E-state index in [2.05, 4.69) is 26.6 Å². The Labute approximate surface area is 171 Å². The van der Waals surface area contributed by atoms with E-state index in [1.165, 1.54) is 26.0 Å². The quantitative estimate of drug-likeness (QED) is 0.515. The number of benzene rings is 2. The van der Waals surface area contributed by atoms with Gasteiger partial charge < -0.3 is 10.6 Å². The number of non-ortho nitro benzene ring substituents is 1. The summed E-state index contributed by atoms with van der Waals surface area (Å²) in [5.74, 6) is -0.511. The number of halogens is 1. The van der Waals surface area contributed by atoms with Crippen molar-refractivity contribution in [1.82, 2.24) is 10.6 Å². The molecule has 0 saturated heterocycles. The number of amides is 2. The van der Waals surface area contributed by atoms with Gasteiger partial charge in [-0.15, -0.1) is 0 Å². The number of hydrogen-bond donors (Lipinski definition) is 2. The first-order valence-corrected chi connectivity index (χ1v) is 9.24. The number of nitro groups is 1. The van der Waals surface area contributed by atoms with E-state index >= 15 is 0 Å². The highest BCUT2D eigenvalue weighted by Crippen LogP contribution is 2.29. The van der Waals surface area contributed by atoms with E-state index < -0.39 is 11.0 Å². The molecule has 0 radical (unpaired) electrons. The molecule has 2 amide bonds. The maximum atomic E-state index is 11.8. The highest BCUT2D eigenvalue weighted by atomic mass is 79.9. The fourth-order valence-corrected chi connectivity index (χ4v) is 3.03. The summed E-state index contributed by atoms with van der Waals surface area (Å²) in [5, 5.41) is 16.6. The zero-order chi connectivity index (χ0) is 20.8. The average Bonchev–Trinajstić information content (AvgIpc) is 2.64. The molecule has 28 heavy (non-hydrogen) atoms. The van der Waals surface area contributed by atoms with Crippen molar-refractivity contribution < 1.29 is 14.5 Å². The summed E-state index contributed by atoms with van der Waals surface area (Å²) in [6.07, 6.45) is 0. The molecule has 8 heteroatoms. The van der Waals surface area contributed by atoms with Crippen LogP contribution in [0.25, 0.3) is 5.70 Å². The molecular weight excluding hydrogens is 426 g/mol. The summed E-state index contributed by atoms with van der Waals surface area (Å²) in [7, 11) is 0. The van der Waals surface area contributed by atoms with E-state index in [1.807, 2.05) is 24.3 Å². The fraction of sp³-hybridized carbons (Fsp3) is 0.200. The van der Waals surface area contributed by atoms with Gasteiger partial charge in [-0.3, -0.25) is 19.7 Å². The highest BCUT2D eigenvalue weighted by Gasteiger charge is 2.21. The molecule has 2 aromatic carbocycles. The molecule has 0 fully saturated rings. The van der Waals surface area contributed by atoms with Crippen LogP contribution in [-0.4, -0.2) is 16.7 Å². The molecular formula is C20H20BrN3O4. The average molecular weight is 446 g/mol. The summed E-state index contributed by atoms with van der Waals surface area (Å²) >= 11 is 3.38. The van der Waals surface area contributed by atoms with Crippen molar-refractivity contribution >= 4 is 39.1 Å². The first-order chi connectivity index (χ1) is 13.2. The predicted octanol–water partition coefficient (Wildman–Crippen LogP) is 4.10. The van der Waals surface area contributed by atoms with Gasteiger partial charge in [0, 0.05) is 36.1 Å². The maximum Gasteiger partial charge on any atom is 0.269 e. The molecule has 1 unspecified atom stereocenters. The monoisotopic (exact) mass is 445 g/mol. The molecule has 2 N–H and O–H groups in total. The van der Waals surface area contributed by atoms with Gasteiger partial charge in [-0.05, 0) is 47.9 Å². The van der Waals surface area contributed by atoms with E-state index in [-0.39, 0.29) is 17.5 Å². The van der Waals surface area contributed by atoms with Crippen LogP contribution in [-0.2, 0) is 9.59 Å². The van der Waals surface area contributed by atoms with Gasteiger partial charge in [-0.1, -0.05) is 28.1 Å². The summed E-state index contributed by atoms with van der Waals surface area (Å²) < 4.78 is 0.893. The van der Waals surface area contributed by atoms with Crippen molar-refractivity contribution in [3.8, 4) is 0 Å². The Balaban J connectivity index is 2.58. The molecule has 0 spiro atoms. The Bertz CT molecular complexity index is 921. The van der Waals surface area contributed by atoms with Crippen molar-refractivity contribution in [3.63, 3.8) is 0 Å². The SMILES string of the molecule is CC(=O)N/C(=C(/C)C(NC(C)=O)c1ccc([N+](=O)[O-])cc1)c1ccc(Br)cc1. The lowest BCUT2D eigenvalue weighted by Crippen LogP contribution is -2.29. The number of hydrogen-bond acceptors (Lipinski definition) is 4. The summed E-state index contributed by atoms with van der Waals surface area (Å²) in [5.41, 5.74) is 2.66. The zero-order valence-electron chi connectivity index (χ0n) is 15.7. The van der Waals surface area contributed by atoms with Crippen molar-refractivity contribution in [2.75, 3.05) is 0 Å². The van der Waals surface area contributed by atoms with Gasteiger partial charge in [-0.25, -0.2) is 0 Å². The maximum absolute atomic E-state index is 11.8. The second kappa shape index (κ2) is 9.27. The summed E-state index contributed by atoms with van der Waals surface area (Å²) in [6.45, 7) is 4.60. The third-order valence-corrected chi connectivity index (χ3v) is 4.57. The molecule has 0 aliphatic heterocycles. The summed E-state index contributed by atoms with van der Waals surface area (Å²) in [4.78, 5) is 34.0. The third kappa shape index (κ3) is 5.50. The van der Waals surface area contributed by atoms with Gasteiger partial charge in [0.1, 0.15) is 0 Å². The molecule has 0 saturated carbocycles. The van der Waals surface area contributed by atoms with Crippen LogP contribution in [0.2, 0.25) is 0 Å². The second-order valence-electron chi connectivity index (χ2n) is 6.23. The minimum atomic E-state index is -0.566. The largest absolute Gasteiger partial charge is 0.346 e. The van der Waals surface area contributed by atoms with Gasteiger partial charge in [0.15, 0.2) is 0 Å². The van der Waals surface area contributed by atoms with Gasteiger partial charge in [-0.2, -0.15) is 0 Å². The zero-order valence-corrected chi connectivity index (χ0v) is 17.2. The van der Waals surface area contributed by atoms with Crippen LogP contribution in [0.1, 0.15) is 37.9 Å². The highest BCUT2D eigenvalue weighted by molar-refractivity contribution is 9.10. The molecule has 0 heterocycles. The molecule has 0 aliphatic carbocycles. The Morgan fingerprint density at radius 3 is 2.00 bits per heavy atom. The standard InChI is InChI=1S/C20H20BrN3O4/c1-12(19(22-13(2)25)15-4-8-17(21)9-5-15)20(23-14(3)26)16-6-10-18(11-7-16)24(27)28/h4-11,20H,1-3H3,(H,22,25)(H,23,26)/b19-12-. The van der Waals surface area contributed by atoms with Crippen LogP contribution in [0.4, 0.5) is 5.69 Å². The Morgan fingerprint density at radius 2 is 1.54 bits per heavy atom. The van der Waals surface area contributed by atoms with Crippen molar-refractivity contribution in [2.45, 2.75) is 26.8 Å². The number of carbonyl (C=O) groups excluding carboxylic acids is 2. The van der Waals surface area contributed by atoms with Gasteiger partial charge in [0.2, 0.25) is 11.8 Å². The van der Waals surface area contributed by atoms with Gasteiger partial charge >= 0.3 is 0 Å². The summed E-state index contributed by atoms with van der Waals surface area (Å²) in [6, 6.07) is 12.8. The lowest BCUT2D eigenvalue weighted by atomic mass is 9.95. The topological polar surface area (TPSA) is 101 Å². The molecule has 1 atom stereocenters.